The Bertz CT molecular complexity index is 616. The molecule has 0 bridgehead atoms. The number of benzene rings is 1. The summed E-state index contributed by atoms with van der Waals surface area (Å²) in [6.45, 7) is 4.61. The van der Waals surface area contributed by atoms with Crippen molar-refractivity contribution in [3.8, 4) is 11.3 Å². The molecule has 3 rings (SSSR count). The minimum absolute atomic E-state index is 0.773. The van der Waals surface area contributed by atoms with Gasteiger partial charge in [-0.2, -0.15) is 11.8 Å². The molecular weight excluding hydrogens is 324 g/mol. The summed E-state index contributed by atoms with van der Waals surface area (Å²) in [4.78, 5) is 9.24. The molecule has 0 amide bonds. The summed E-state index contributed by atoms with van der Waals surface area (Å²) in [5, 5.41) is 0.773. The van der Waals surface area contributed by atoms with Gasteiger partial charge in [-0.15, -0.1) is 0 Å². The van der Waals surface area contributed by atoms with Crippen LogP contribution in [-0.4, -0.2) is 21.0 Å². The summed E-state index contributed by atoms with van der Waals surface area (Å²) in [7, 11) is 0. The van der Waals surface area contributed by atoms with Crippen LogP contribution in [0.25, 0.3) is 11.3 Å². The van der Waals surface area contributed by atoms with Gasteiger partial charge in [0.1, 0.15) is 0 Å². The fourth-order valence-corrected chi connectivity index (χ4v) is 4.60. The van der Waals surface area contributed by atoms with Crippen LogP contribution < -0.4 is 0 Å². The van der Waals surface area contributed by atoms with Crippen molar-refractivity contribution < 1.29 is 0 Å². The maximum absolute atomic E-state index is 4.64. The maximum Gasteiger partial charge on any atom is 0.0885 e. The van der Waals surface area contributed by atoms with Crippen molar-refractivity contribution in [2.24, 2.45) is 11.8 Å². The topological polar surface area (TPSA) is 25.8 Å². The molecular formula is C22H30N2S. The molecule has 1 saturated carbocycles. The second-order valence-electron chi connectivity index (χ2n) is 7.57. The van der Waals surface area contributed by atoms with Gasteiger partial charge in [0.2, 0.25) is 0 Å². The number of hydrogen-bond acceptors (Lipinski definition) is 3. The standard InChI is InChI=1S/C22H30N2S/c1-17(2)25-16-19-10-8-18(9-11-19)12-13-21-14-24-22(15-23-21)20-6-4-3-5-7-20/h3-7,14-15,17-19H,8-13,16H2,1-2H3. The third kappa shape index (κ3) is 5.85. The van der Waals surface area contributed by atoms with E-state index in [0.29, 0.717) is 0 Å². The molecule has 0 saturated heterocycles. The lowest BCUT2D eigenvalue weighted by atomic mass is 9.80. The van der Waals surface area contributed by atoms with E-state index in [9.17, 15) is 0 Å². The molecule has 1 aliphatic carbocycles. The normalized spacial score (nSPS) is 20.8. The van der Waals surface area contributed by atoms with Gasteiger partial charge in [-0.25, -0.2) is 0 Å². The van der Waals surface area contributed by atoms with Crippen molar-refractivity contribution in [2.45, 2.75) is 57.6 Å². The number of thioether (sulfide) groups is 1. The fourth-order valence-electron chi connectivity index (χ4n) is 3.61. The second kappa shape index (κ2) is 9.38. The van der Waals surface area contributed by atoms with Gasteiger partial charge < -0.3 is 0 Å². The van der Waals surface area contributed by atoms with Gasteiger partial charge in [-0.3, -0.25) is 9.97 Å². The first kappa shape index (κ1) is 18.4. The maximum atomic E-state index is 4.64. The summed E-state index contributed by atoms with van der Waals surface area (Å²) >= 11 is 2.13. The molecule has 0 radical (unpaired) electrons. The Morgan fingerprint density at radius 3 is 2.32 bits per heavy atom. The molecule has 0 atom stereocenters. The van der Waals surface area contributed by atoms with Gasteiger partial charge in [0.05, 0.1) is 17.6 Å². The van der Waals surface area contributed by atoms with Crippen molar-refractivity contribution in [3.05, 3.63) is 48.4 Å². The van der Waals surface area contributed by atoms with E-state index in [2.05, 4.69) is 47.7 Å². The first-order valence-corrected chi connectivity index (χ1v) is 10.7. The van der Waals surface area contributed by atoms with Crippen LogP contribution in [0.1, 0.15) is 51.6 Å². The molecule has 1 heterocycles. The highest BCUT2D eigenvalue weighted by atomic mass is 32.2. The number of aromatic nitrogens is 2. The Kier molecular flexibility index (Phi) is 6.92. The number of hydrogen-bond donors (Lipinski definition) is 0. The monoisotopic (exact) mass is 354 g/mol. The molecule has 1 aromatic carbocycles. The van der Waals surface area contributed by atoms with Gasteiger partial charge in [-0.1, -0.05) is 57.0 Å². The third-order valence-electron chi connectivity index (χ3n) is 5.22. The lowest BCUT2D eigenvalue weighted by molar-refractivity contribution is 0.280. The van der Waals surface area contributed by atoms with Crippen LogP contribution in [0.5, 0.6) is 0 Å². The van der Waals surface area contributed by atoms with Crippen molar-refractivity contribution in [2.75, 3.05) is 5.75 Å². The molecule has 3 heteroatoms. The van der Waals surface area contributed by atoms with Crippen LogP contribution >= 0.6 is 11.8 Å². The summed E-state index contributed by atoms with van der Waals surface area (Å²) in [5.41, 5.74) is 3.24. The number of aryl methyl sites for hydroxylation is 1. The highest BCUT2D eigenvalue weighted by molar-refractivity contribution is 7.99. The van der Waals surface area contributed by atoms with E-state index in [1.165, 1.54) is 37.9 Å². The van der Waals surface area contributed by atoms with Crippen LogP contribution in [0.15, 0.2) is 42.7 Å². The van der Waals surface area contributed by atoms with Crippen LogP contribution in [0.4, 0.5) is 0 Å². The first-order chi connectivity index (χ1) is 12.2. The van der Waals surface area contributed by atoms with Crippen LogP contribution in [0.2, 0.25) is 0 Å². The Labute approximate surface area is 156 Å². The van der Waals surface area contributed by atoms with E-state index < -0.39 is 0 Å². The zero-order valence-electron chi connectivity index (χ0n) is 15.5. The summed E-state index contributed by atoms with van der Waals surface area (Å²) in [6, 6.07) is 10.3. The van der Waals surface area contributed by atoms with Crippen molar-refractivity contribution in [1.82, 2.24) is 9.97 Å². The smallest absolute Gasteiger partial charge is 0.0885 e. The molecule has 2 nitrogen and oxygen atoms in total. The molecule has 0 N–H and O–H groups in total. The third-order valence-corrected chi connectivity index (χ3v) is 6.55. The van der Waals surface area contributed by atoms with E-state index in [-0.39, 0.29) is 0 Å². The van der Waals surface area contributed by atoms with Gasteiger partial charge >= 0.3 is 0 Å². The molecule has 25 heavy (non-hydrogen) atoms. The van der Waals surface area contributed by atoms with Crippen LogP contribution in [0.3, 0.4) is 0 Å². The zero-order chi connectivity index (χ0) is 17.5. The predicted molar refractivity (Wildman–Crippen MR) is 109 cm³/mol. The first-order valence-electron chi connectivity index (χ1n) is 9.68. The largest absolute Gasteiger partial charge is 0.257 e. The van der Waals surface area contributed by atoms with Crippen LogP contribution in [-0.2, 0) is 6.42 Å². The molecule has 1 aromatic heterocycles. The van der Waals surface area contributed by atoms with Crippen molar-refractivity contribution in [1.29, 1.82) is 0 Å². The molecule has 0 unspecified atom stereocenters. The minimum Gasteiger partial charge on any atom is -0.257 e. The van der Waals surface area contributed by atoms with Gasteiger partial charge in [-0.05, 0) is 48.5 Å². The predicted octanol–water partition coefficient (Wildman–Crippen LogP) is 6.02. The average molecular weight is 355 g/mol. The Hall–Kier alpha value is -1.35. The highest BCUT2D eigenvalue weighted by Gasteiger charge is 2.21. The quantitative estimate of drug-likeness (QED) is 0.607. The van der Waals surface area contributed by atoms with E-state index in [4.69, 9.17) is 0 Å². The minimum atomic E-state index is 0.773. The Morgan fingerprint density at radius 2 is 1.68 bits per heavy atom. The van der Waals surface area contributed by atoms with E-state index in [1.54, 1.807) is 0 Å². The second-order valence-corrected chi connectivity index (χ2v) is 9.18. The SMILES string of the molecule is CC(C)SCC1CCC(CCc2cnc(-c3ccccc3)cn2)CC1. The van der Waals surface area contributed by atoms with E-state index in [1.807, 2.05) is 30.6 Å². The van der Waals surface area contributed by atoms with Gasteiger partial charge in [0.15, 0.2) is 0 Å². The average Bonchev–Trinajstić information content (AvgIpc) is 2.66. The highest BCUT2D eigenvalue weighted by Crippen LogP contribution is 2.33. The summed E-state index contributed by atoms with van der Waals surface area (Å²) in [6.07, 6.45) is 11.9. The molecule has 0 spiro atoms. The van der Waals surface area contributed by atoms with Crippen LogP contribution in [0, 0.1) is 11.8 Å². The van der Waals surface area contributed by atoms with E-state index >= 15 is 0 Å². The molecule has 1 aliphatic rings. The number of nitrogens with zero attached hydrogens (tertiary/aromatic N) is 2. The van der Waals surface area contributed by atoms with Gasteiger partial charge in [0.25, 0.3) is 0 Å². The number of rotatable bonds is 7. The zero-order valence-corrected chi connectivity index (χ0v) is 16.3. The van der Waals surface area contributed by atoms with Crippen molar-refractivity contribution in [3.63, 3.8) is 0 Å². The Balaban J connectivity index is 1.42. The molecule has 0 aliphatic heterocycles. The summed E-state index contributed by atoms with van der Waals surface area (Å²) < 4.78 is 0. The summed E-state index contributed by atoms with van der Waals surface area (Å²) in [5.74, 6) is 3.20. The molecule has 1 fully saturated rings. The Morgan fingerprint density at radius 1 is 0.960 bits per heavy atom. The lowest BCUT2D eigenvalue weighted by Gasteiger charge is -2.28. The molecule has 134 valence electrons. The fraction of sp³-hybridized carbons (Fsp3) is 0.545. The van der Waals surface area contributed by atoms with Crippen molar-refractivity contribution >= 4 is 11.8 Å². The van der Waals surface area contributed by atoms with Gasteiger partial charge in [0, 0.05) is 11.8 Å². The lowest BCUT2D eigenvalue weighted by Crippen LogP contribution is -2.17. The molecule has 2 aromatic rings. The van der Waals surface area contributed by atoms with E-state index in [0.717, 1.165) is 40.5 Å².